The zero-order valence-electron chi connectivity index (χ0n) is 12.9. The number of carbonyl (C=O) groups is 1. The van der Waals surface area contributed by atoms with Gasteiger partial charge in [0, 0.05) is 11.3 Å². The summed E-state index contributed by atoms with van der Waals surface area (Å²) in [6.45, 7) is 12.2. The Labute approximate surface area is 121 Å². The zero-order valence-corrected chi connectivity index (χ0v) is 13.7. The van der Waals surface area contributed by atoms with Gasteiger partial charge in [-0.1, -0.05) is 25.6 Å². The van der Waals surface area contributed by atoms with Crippen LogP contribution < -0.4 is 10.6 Å². The molecule has 0 saturated carbocycles. The molecular formula is C14H27N3OS. The Bertz CT molecular complexity index is 347. The maximum atomic E-state index is 12.0. The quantitative estimate of drug-likeness (QED) is 0.837. The predicted octanol–water partition coefficient (Wildman–Crippen LogP) is 2.40. The van der Waals surface area contributed by atoms with E-state index >= 15 is 0 Å². The average molecular weight is 285 g/mol. The lowest BCUT2D eigenvalue weighted by Crippen LogP contribution is -2.50. The first-order valence-electron chi connectivity index (χ1n) is 6.98. The molecule has 0 aliphatic carbocycles. The first kappa shape index (κ1) is 16.3. The lowest BCUT2D eigenvalue weighted by Gasteiger charge is -2.27. The van der Waals surface area contributed by atoms with Crippen LogP contribution in [0.5, 0.6) is 0 Å². The lowest BCUT2D eigenvalue weighted by molar-refractivity contribution is -0.123. The second-order valence-electron chi connectivity index (χ2n) is 6.49. The van der Waals surface area contributed by atoms with Gasteiger partial charge < -0.3 is 10.6 Å². The van der Waals surface area contributed by atoms with E-state index in [1.807, 2.05) is 27.7 Å². The highest BCUT2D eigenvalue weighted by molar-refractivity contribution is 8.13. The summed E-state index contributed by atoms with van der Waals surface area (Å²) in [5.41, 5.74) is -0.199. The molecule has 110 valence electrons. The smallest absolute Gasteiger partial charge is 0.242 e. The number of hydrogen-bond donors (Lipinski definition) is 2. The Morgan fingerprint density at radius 1 is 1.37 bits per heavy atom. The molecule has 0 aromatic heterocycles. The van der Waals surface area contributed by atoms with Crippen molar-refractivity contribution < 1.29 is 4.79 Å². The predicted molar refractivity (Wildman–Crippen MR) is 83.6 cm³/mol. The van der Waals surface area contributed by atoms with E-state index in [2.05, 4.69) is 29.5 Å². The minimum Gasteiger partial charge on any atom is -0.353 e. The summed E-state index contributed by atoms with van der Waals surface area (Å²) in [6.07, 6.45) is 1.12. The molecule has 1 amide bonds. The van der Waals surface area contributed by atoms with Crippen molar-refractivity contribution in [1.82, 2.24) is 10.6 Å². The Hall–Kier alpha value is -0.710. The molecule has 0 bridgehead atoms. The SMILES string of the molecule is CC(NC1=NC(C(C)C)CCS1)C(=O)NC(C)(C)C. The number of carbonyl (C=O) groups excluding carboxylic acids is 1. The van der Waals surface area contributed by atoms with Crippen molar-refractivity contribution in [1.29, 1.82) is 0 Å². The number of nitrogens with zero attached hydrogens (tertiary/aromatic N) is 1. The van der Waals surface area contributed by atoms with Gasteiger partial charge in [-0.25, -0.2) is 0 Å². The van der Waals surface area contributed by atoms with Gasteiger partial charge in [0.05, 0.1) is 6.04 Å². The molecule has 1 aliphatic rings. The van der Waals surface area contributed by atoms with Crippen molar-refractivity contribution >= 4 is 22.8 Å². The van der Waals surface area contributed by atoms with Crippen LogP contribution in [0.1, 0.15) is 48.0 Å². The fourth-order valence-corrected chi connectivity index (χ4v) is 2.84. The minimum atomic E-state index is -0.253. The van der Waals surface area contributed by atoms with E-state index in [0.717, 1.165) is 17.3 Å². The normalized spacial score (nSPS) is 21.8. The van der Waals surface area contributed by atoms with Crippen LogP contribution in [0.4, 0.5) is 0 Å². The third kappa shape index (κ3) is 5.85. The van der Waals surface area contributed by atoms with Gasteiger partial charge in [-0.2, -0.15) is 0 Å². The highest BCUT2D eigenvalue weighted by Crippen LogP contribution is 2.21. The molecule has 0 fully saturated rings. The van der Waals surface area contributed by atoms with E-state index in [1.54, 1.807) is 11.8 Å². The second kappa shape index (κ2) is 6.64. The molecule has 1 heterocycles. The van der Waals surface area contributed by atoms with Crippen LogP contribution in [0.25, 0.3) is 0 Å². The van der Waals surface area contributed by atoms with Gasteiger partial charge in [0.15, 0.2) is 5.17 Å². The molecule has 2 N–H and O–H groups in total. The van der Waals surface area contributed by atoms with Crippen molar-refractivity contribution in [3.63, 3.8) is 0 Å². The highest BCUT2D eigenvalue weighted by atomic mass is 32.2. The Morgan fingerprint density at radius 2 is 2.00 bits per heavy atom. The number of amides is 1. The molecule has 1 rings (SSSR count). The van der Waals surface area contributed by atoms with Crippen LogP contribution in [-0.4, -0.2) is 34.5 Å². The molecule has 0 aromatic rings. The van der Waals surface area contributed by atoms with Crippen LogP contribution in [-0.2, 0) is 4.79 Å². The van der Waals surface area contributed by atoms with Crippen molar-refractivity contribution in [2.24, 2.45) is 10.9 Å². The summed E-state index contributed by atoms with van der Waals surface area (Å²) in [4.78, 5) is 16.7. The molecule has 0 saturated heterocycles. The lowest BCUT2D eigenvalue weighted by atomic mass is 10.0. The van der Waals surface area contributed by atoms with Gasteiger partial charge >= 0.3 is 0 Å². The van der Waals surface area contributed by atoms with Crippen LogP contribution in [0.15, 0.2) is 4.99 Å². The van der Waals surface area contributed by atoms with Crippen LogP contribution in [0, 0.1) is 5.92 Å². The van der Waals surface area contributed by atoms with Gasteiger partial charge in [0.25, 0.3) is 0 Å². The van der Waals surface area contributed by atoms with Crippen molar-refractivity contribution in [2.45, 2.75) is 65.6 Å². The largest absolute Gasteiger partial charge is 0.353 e. The standard InChI is InChI=1S/C14H27N3OS/c1-9(2)11-7-8-19-13(16-11)15-10(3)12(18)17-14(4,5)6/h9-11H,7-8H2,1-6H3,(H,15,16)(H,17,18). The van der Waals surface area contributed by atoms with E-state index in [0.29, 0.717) is 12.0 Å². The van der Waals surface area contributed by atoms with Crippen molar-refractivity contribution in [3.8, 4) is 0 Å². The second-order valence-corrected chi connectivity index (χ2v) is 7.57. The molecule has 2 atom stereocenters. The number of aliphatic imine (C=N–C) groups is 1. The Kier molecular flexibility index (Phi) is 5.71. The molecule has 19 heavy (non-hydrogen) atoms. The number of nitrogens with one attached hydrogen (secondary N) is 2. The molecule has 0 spiro atoms. The fourth-order valence-electron chi connectivity index (χ4n) is 1.82. The Morgan fingerprint density at radius 3 is 2.53 bits per heavy atom. The Balaban J connectivity index is 2.56. The zero-order chi connectivity index (χ0) is 14.6. The van der Waals surface area contributed by atoms with Crippen LogP contribution in [0.3, 0.4) is 0 Å². The van der Waals surface area contributed by atoms with Crippen molar-refractivity contribution in [2.75, 3.05) is 5.75 Å². The van der Waals surface area contributed by atoms with Gasteiger partial charge in [-0.05, 0) is 40.0 Å². The van der Waals surface area contributed by atoms with Gasteiger partial charge in [-0.15, -0.1) is 0 Å². The van der Waals surface area contributed by atoms with E-state index in [1.165, 1.54) is 0 Å². The van der Waals surface area contributed by atoms with Gasteiger partial charge in [-0.3, -0.25) is 9.79 Å². The third-order valence-electron chi connectivity index (χ3n) is 2.94. The average Bonchev–Trinajstić information content (AvgIpc) is 2.27. The molecule has 1 aliphatic heterocycles. The molecule has 0 radical (unpaired) electrons. The van der Waals surface area contributed by atoms with E-state index in [-0.39, 0.29) is 17.5 Å². The molecule has 2 unspecified atom stereocenters. The summed E-state index contributed by atoms with van der Waals surface area (Å²) in [5, 5.41) is 7.11. The van der Waals surface area contributed by atoms with Crippen molar-refractivity contribution in [3.05, 3.63) is 0 Å². The van der Waals surface area contributed by atoms with E-state index in [4.69, 9.17) is 0 Å². The van der Waals surface area contributed by atoms with Gasteiger partial charge in [0.1, 0.15) is 6.04 Å². The van der Waals surface area contributed by atoms with E-state index in [9.17, 15) is 4.79 Å². The summed E-state index contributed by atoms with van der Waals surface area (Å²) in [5.74, 6) is 1.64. The molecular weight excluding hydrogens is 258 g/mol. The number of hydrogen-bond acceptors (Lipinski definition) is 4. The number of thioether (sulfide) groups is 1. The molecule has 5 heteroatoms. The number of amidine groups is 1. The summed E-state index contributed by atoms with van der Waals surface area (Å²) in [7, 11) is 0. The highest BCUT2D eigenvalue weighted by Gasteiger charge is 2.23. The molecule has 4 nitrogen and oxygen atoms in total. The van der Waals surface area contributed by atoms with E-state index < -0.39 is 0 Å². The maximum absolute atomic E-state index is 12.0. The summed E-state index contributed by atoms with van der Waals surface area (Å²) in [6, 6.07) is 0.123. The summed E-state index contributed by atoms with van der Waals surface area (Å²) >= 11 is 1.71. The van der Waals surface area contributed by atoms with Crippen LogP contribution >= 0.6 is 11.8 Å². The first-order valence-corrected chi connectivity index (χ1v) is 7.97. The maximum Gasteiger partial charge on any atom is 0.242 e. The first-order chi connectivity index (χ1) is 8.69. The number of rotatable bonds is 3. The minimum absolute atomic E-state index is 0.0162. The summed E-state index contributed by atoms with van der Waals surface area (Å²) < 4.78 is 0. The topological polar surface area (TPSA) is 53.5 Å². The fraction of sp³-hybridized carbons (Fsp3) is 0.857. The van der Waals surface area contributed by atoms with Gasteiger partial charge in [0.2, 0.25) is 5.91 Å². The monoisotopic (exact) mass is 285 g/mol. The third-order valence-corrected chi connectivity index (χ3v) is 3.87. The van der Waals surface area contributed by atoms with Crippen LogP contribution in [0.2, 0.25) is 0 Å². The molecule has 0 aromatic carbocycles.